The molecule has 0 aliphatic rings. The number of aromatic nitrogens is 2. The minimum absolute atomic E-state index is 0.119. The lowest BCUT2D eigenvalue weighted by Gasteiger charge is -2.19. The van der Waals surface area contributed by atoms with Crippen LogP contribution >= 0.6 is 22.7 Å². The van der Waals surface area contributed by atoms with E-state index in [0.29, 0.717) is 25.8 Å². The van der Waals surface area contributed by atoms with E-state index < -0.39 is 12.2 Å². The van der Waals surface area contributed by atoms with Crippen molar-refractivity contribution in [2.45, 2.75) is 45.4 Å². The molecule has 0 aliphatic heterocycles. The van der Waals surface area contributed by atoms with Crippen LogP contribution in [0.15, 0.2) is 84.1 Å². The Balaban J connectivity index is 0.000000494. The van der Waals surface area contributed by atoms with Crippen LogP contribution in [-0.2, 0) is 29.1 Å². The van der Waals surface area contributed by atoms with Gasteiger partial charge in [0.1, 0.15) is 13.2 Å². The first-order valence-corrected chi connectivity index (χ1v) is 14.0. The maximum absolute atomic E-state index is 12.2. The summed E-state index contributed by atoms with van der Waals surface area (Å²) >= 11 is 2.87. The number of benzene rings is 2. The van der Waals surface area contributed by atoms with Gasteiger partial charge in [0.05, 0.1) is 20.8 Å². The number of ether oxygens (including phenoxy) is 2. The van der Waals surface area contributed by atoms with Crippen molar-refractivity contribution >= 4 is 34.9 Å². The Hall–Kier alpha value is -3.76. The van der Waals surface area contributed by atoms with Gasteiger partial charge in [0.15, 0.2) is 0 Å². The molecule has 0 aliphatic carbocycles. The summed E-state index contributed by atoms with van der Waals surface area (Å²) < 4.78 is 10.4. The Morgan fingerprint density at radius 1 is 0.842 bits per heavy atom. The van der Waals surface area contributed by atoms with E-state index in [9.17, 15) is 9.59 Å². The van der Waals surface area contributed by atoms with Crippen LogP contribution in [0.3, 0.4) is 0 Å². The van der Waals surface area contributed by atoms with Gasteiger partial charge in [-0.2, -0.15) is 0 Å². The molecule has 38 heavy (non-hydrogen) atoms. The predicted octanol–water partition coefficient (Wildman–Crippen LogP) is 6.14. The molecule has 0 saturated heterocycles. The summed E-state index contributed by atoms with van der Waals surface area (Å²) in [6.07, 6.45) is 4.45. The van der Waals surface area contributed by atoms with Crippen molar-refractivity contribution in [2.24, 2.45) is 0 Å². The predicted molar refractivity (Wildman–Crippen MR) is 150 cm³/mol. The Bertz CT molecular complexity index is 1170. The molecule has 0 saturated carbocycles. The zero-order chi connectivity index (χ0) is 26.8. The highest BCUT2D eigenvalue weighted by Gasteiger charge is 2.15. The molecular weight excluding hydrogens is 520 g/mol. The van der Waals surface area contributed by atoms with Crippen molar-refractivity contribution in [3.8, 4) is 0 Å². The highest BCUT2D eigenvalue weighted by atomic mass is 32.1. The van der Waals surface area contributed by atoms with Crippen molar-refractivity contribution < 1.29 is 19.1 Å². The van der Waals surface area contributed by atoms with Gasteiger partial charge in [-0.15, -0.1) is 22.7 Å². The second-order valence-electron chi connectivity index (χ2n) is 8.34. The van der Waals surface area contributed by atoms with Gasteiger partial charge in [-0.25, -0.2) is 9.59 Å². The van der Waals surface area contributed by atoms with Crippen LogP contribution in [0.1, 0.15) is 33.7 Å². The van der Waals surface area contributed by atoms with Gasteiger partial charge in [-0.3, -0.25) is 9.97 Å². The molecule has 2 N–H and O–H groups in total. The number of carbonyl (C=O) groups excluding carboxylic acids is 2. The zero-order valence-electron chi connectivity index (χ0n) is 21.2. The number of aryl methyl sites for hydroxylation is 1. The smallest absolute Gasteiger partial charge is 0.407 e. The van der Waals surface area contributed by atoms with Crippen molar-refractivity contribution in [2.75, 3.05) is 6.54 Å². The maximum atomic E-state index is 12.2. The van der Waals surface area contributed by atoms with Gasteiger partial charge in [0.25, 0.3) is 0 Å². The van der Waals surface area contributed by atoms with Crippen molar-refractivity contribution in [3.05, 3.63) is 105 Å². The van der Waals surface area contributed by atoms with Crippen molar-refractivity contribution in [3.63, 3.8) is 0 Å². The van der Waals surface area contributed by atoms with Gasteiger partial charge in [-0.05, 0) is 31.7 Å². The molecule has 1 atom stereocenters. The fraction of sp³-hybridized carbons (Fsp3) is 0.286. The molecule has 0 bridgehead atoms. The molecule has 4 rings (SSSR count). The Morgan fingerprint density at radius 2 is 1.42 bits per heavy atom. The molecule has 0 fully saturated rings. The third-order valence-corrected chi connectivity index (χ3v) is 6.75. The van der Waals surface area contributed by atoms with Gasteiger partial charge in [0, 0.05) is 25.0 Å². The molecule has 2 heterocycles. The first-order chi connectivity index (χ1) is 18.6. The fourth-order valence-electron chi connectivity index (χ4n) is 3.36. The number of nitrogens with one attached hydrogen (secondary N) is 2. The lowest BCUT2D eigenvalue weighted by atomic mass is 10.0. The van der Waals surface area contributed by atoms with Crippen molar-refractivity contribution in [1.29, 1.82) is 0 Å². The molecular formula is C28H32N4O4S2. The number of alkyl carbamates (subject to hydrolysis) is 2. The van der Waals surface area contributed by atoms with Crippen LogP contribution in [-0.4, -0.2) is 34.7 Å². The molecule has 2 aromatic heterocycles. The third-order valence-electron chi connectivity index (χ3n) is 5.24. The van der Waals surface area contributed by atoms with Gasteiger partial charge < -0.3 is 20.1 Å². The first kappa shape index (κ1) is 28.8. The molecule has 8 nitrogen and oxygen atoms in total. The molecule has 0 spiro atoms. The second-order valence-corrected chi connectivity index (χ2v) is 10.3. The molecule has 10 heteroatoms. The van der Waals surface area contributed by atoms with Gasteiger partial charge in [-0.1, -0.05) is 66.2 Å². The number of rotatable bonds is 11. The second kappa shape index (κ2) is 16.9. The van der Waals surface area contributed by atoms with E-state index in [0.717, 1.165) is 15.3 Å². The Kier molecular flexibility index (Phi) is 12.8. The summed E-state index contributed by atoms with van der Waals surface area (Å²) in [4.78, 5) is 33.7. The fourth-order valence-corrected chi connectivity index (χ4v) is 4.37. The minimum atomic E-state index is -0.468. The third kappa shape index (κ3) is 12.0. The van der Waals surface area contributed by atoms with E-state index >= 15 is 0 Å². The van der Waals surface area contributed by atoms with E-state index in [2.05, 4.69) is 39.7 Å². The van der Waals surface area contributed by atoms with E-state index in [1.807, 2.05) is 48.5 Å². The number of amides is 2. The molecule has 4 aromatic rings. The maximum Gasteiger partial charge on any atom is 0.407 e. The van der Waals surface area contributed by atoms with Crippen LogP contribution in [0.2, 0.25) is 0 Å². The van der Waals surface area contributed by atoms with Crippen LogP contribution < -0.4 is 10.6 Å². The number of thiazole rings is 2. The lowest BCUT2D eigenvalue weighted by Crippen LogP contribution is -2.37. The summed E-state index contributed by atoms with van der Waals surface area (Å²) in [6.45, 7) is 2.94. The first-order valence-electron chi connectivity index (χ1n) is 12.2. The van der Waals surface area contributed by atoms with Crippen LogP contribution in [0.25, 0.3) is 0 Å². The zero-order valence-corrected chi connectivity index (χ0v) is 22.9. The lowest BCUT2D eigenvalue weighted by molar-refractivity contribution is 0.134. The molecule has 0 radical (unpaired) electrons. The Morgan fingerprint density at radius 3 is 1.95 bits per heavy atom. The molecule has 1 unspecified atom stereocenters. The number of nitrogens with zero attached hydrogens (tertiary/aromatic N) is 2. The van der Waals surface area contributed by atoms with Crippen LogP contribution in [0.5, 0.6) is 0 Å². The van der Waals surface area contributed by atoms with Gasteiger partial charge >= 0.3 is 12.2 Å². The summed E-state index contributed by atoms with van der Waals surface area (Å²) in [5, 5.41) is 5.67. The SMILES string of the molecule is Cc1ccccc1.O=C(NCCCC(Cc1ccccc1)NC(=O)OCc1cncs1)OCc1cncs1. The van der Waals surface area contributed by atoms with E-state index in [-0.39, 0.29) is 19.3 Å². The molecule has 2 amide bonds. The van der Waals surface area contributed by atoms with Gasteiger partial charge in [0.2, 0.25) is 0 Å². The normalized spacial score (nSPS) is 11.0. The summed E-state index contributed by atoms with van der Waals surface area (Å²) in [5.41, 5.74) is 5.83. The monoisotopic (exact) mass is 552 g/mol. The average molecular weight is 553 g/mol. The summed E-state index contributed by atoms with van der Waals surface area (Å²) in [7, 11) is 0. The highest BCUT2D eigenvalue weighted by Crippen LogP contribution is 2.10. The average Bonchev–Trinajstić information content (AvgIpc) is 3.65. The summed E-state index contributed by atoms with van der Waals surface area (Å²) in [5.74, 6) is 0. The van der Waals surface area contributed by atoms with Crippen LogP contribution in [0.4, 0.5) is 9.59 Å². The van der Waals surface area contributed by atoms with Crippen molar-refractivity contribution in [1.82, 2.24) is 20.6 Å². The van der Waals surface area contributed by atoms with E-state index in [1.165, 1.54) is 28.2 Å². The highest BCUT2D eigenvalue weighted by molar-refractivity contribution is 7.09. The molecule has 200 valence electrons. The topological polar surface area (TPSA) is 102 Å². The number of hydrogen-bond donors (Lipinski definition) is 2. The number of hydrogen-bond acceptors (Lipinski definition) is 8. The van der Waals surface area contributed by atoms with E-state index in [4.69, 9.17) is 9.47 Å². The van der Waals surface area contributed by atoms with E-state index in [1.54, 1.807) is 23.4 Å². The largest absolute Gasteiger partial charge is 0.444 e. The Labute approximate surface area is 231 Å². The van der Waals surface area contributed by atoms with Crippen LogP contribution in [0, 0.1) is 6.92 Å². The standard InChI is InChI=1S/C21H24N4O4S2.C7H8/c26-20(28-12-18-10-22-14-30-18)24-8-4-7-17(9-16-5-2-1-3-6-16)25-21(27)29-13-19-11-23-15-31-19;1-7-5-3-2-4-6-7/h1-3,5-6,10-11,14-15,17H,4,7-9,12-13H2,(H,24,26)(H,25,27);2-6H,1H3. The minimum Gasteiger partial charge on any atom is -0.444 e. The number of carbonyl (C=O) groups is 2. The molecule has 2 aromatic carbocycles. The quantitative estimate of drug-likeness (QED) is 0.217. The summed E-state index contributed by atoms with van der Waals surface area (Å²) in [6, 6.07) is 20.1.